The summed E-state index contributed by atoms with van der Waals surface area (Å²) in [6.45, 7) is 6.25. The van der Waals surface area contributed by atoms with Crippen LogP contribution in [0.5, 0.6) is 0 Å². The summed E-state index contributed by atoms with van der Waals surface area (Å²) >= 11 is 1.15. The molecule has 1 N–H and O–H groups in total. The van der Waals surface area contributed by atoms with Gasteiger partial charge in [0.05, 0.1) is 23.4 Å². The van der Waals surface area contributed by atoms with E-state index in [0.717, 1.165) is 34.3 Å². The standard InChI is InChI=1S/C26H23N5O3S/c1-16-12-18(3)20(13-17(16)2)21-14-23(31(30-21)19-8-5-4-6-9-19)27-24(32)15-35-26-29-28-25(34-26)22-10-7-11-33-22/h4-14H,15H2,1-3H3,(H,27,32). The number of furan rings is 1. The van der Waals surface area contributed by atoms with Crippen molar-refractivity contribution in [3.63, 3.8) is 0 Å². The normalized spacial score (nSPS) is 11.1. The van der Waals surface area contributed by atoms with E-state index in [1.54, 1.807) is 16.8 Å². The first kappa shape index (κ1) is 22.7. The molecule has 0 aliphatic carbocycles. The van der Waals surface area contributed by atoms with Gasteiger partial charge in [-0.1, -0.05) is 36.0 Å². The molecule has 0 spiro atoms. The summed E-state index contributed by atoms with van der Waals surface area (Å²) in [6.07, 6.45) is 1.53. The molecule has 35 heavy (non-hydrogen) atoms. The Balaban J connectivity index is 1.37. The molecule has 1 amide bonds. The first-order chi connectivity index (χ1) is 17.0. The van der Waals surface area contributed by atoms with Gasteiger partial charge >= 0.3 is 0 Å². The number of hydrogen-bond acceptors (Lipinski definition) is 7. The lowest BCUT2D eigenvalue weighted by atomic mass is 9.99. The van der Waals surface area contributed by atoms with Crippen molar-refractivity contribution in [2.24, 2.45) is 0 Å². The second kappa shape index (κ2) is 9.63. The average molecular weight is 486 g/mol. The van der Waals surface area contributed by atoms with Crippen molar-refractivity contribution in [1.82, 2.24) is 20.0 Å². The molecule has 8 nitrogen and oxygen atoms in total. The lowest BCUT2D eigenvalue weighted by Crippen LogP contribution is -2.16. The zero-order chi connectivity index (χ0) is 24.4. The van der Waals surface area contributed by atoms with Crippen LogP contribution in [0.4, 0.5) is 5.82 Å². The fourth-order valence-electron chi connectivity index (χ4n) is 3.68. The monoisotopic (exact) mass is 485 g/mol. The van der Waals surface area contributed by atoms with Gasteiger partial charge in [-0.2, -0.15) is 5.10 Å². The predicted molar refractivity (Wildman–Crippen MR) is 135 cm³/mol. The first-order valence-corrected chi connectivity index (χ1v) is 12.0. The third-order valence-electron chi connectivity index (χ3n) is 5.56. The van der Waals surface area contributed by atoms with E-state index in [4.69, 9.17) is 13.9 Å². The van der Waals surface area contributed by atoms with E-state index in [9.17, 15) is 4.79 Å². The van der Waals surface area contributed by atoms with Crippen molar-refractivity contribution >= 4 is 23.5 Å². The van der Waals surface area contributed by atoms with Gasteiger partial charge in [0.2, 0.25) is 5.91 Å². The van der Waals surface area contributed by atoms with Crippen LogP contribution in [0.1, 0.15) is 16.7 Å². The molecule has 0 bridgehead atoms. The molecular weight excluding hydrogens is 462 g/mol. The summed E-state index contributed by atoms with van der Waals surface area (Å²) in [5.41, 5.74) is 6.22. The van der Waals surface area contributed by atoms with Gasteiger partial charge in [-0.3, -0.25) is 4.79 Å². The molecule has 2 aromatic carbocycles. The maximum Gasteiger partial charge on any atom is 0.284 e. The number of rotatable bonds is 7. The van der Waals surface area contributed by atoms with E-state index in [-0.39, 0.29) is 22.8 Å². The first-order valence-electron chi connectivity index (χ1n) is 11.0. The van der Waals surface area contributed by atoms with E-state index >= 15 is 0 Å². The molecule has 5 aromatic rings. The molecule has 176 valence electrons. The van der Waals surface area contributed by atoms with Crippen LogP contribution in [0.25, 0.3) is 28.6 Å². The van der Waals surface area contributed by atoms with Crippen LogP contribution in [0.2, 0.25) is 0 Å². The lowest BCUT2D eigenvalue weighted by Gasteiger charge is -2.08. The number of amides is 1. The zero-order valence-electron chi connectivity index (χ0n) is 19.5. The van der Waals surface area contributed by atoms with E-state index in [0.29, 0.717) is 11.6 Å². The van der Waals surface area contributed by atoms with Crippen molar-refractivity contribution in [3.05, 3.63) is 83.6 Å². The minimum atomic E-state index is -0.215. The lowest BCUT2D eigenvalue weighted by molar-refractivity contribution is -0.113. The molecule has 0 aliphatic rings. The van der Waals surface area contributed by atoms with E-state index in [1.807, 2.05) is 36.4 Å². The molecule has 0 saturated carbocycles. The Morgan fingerprint density at radius 1 is 0.971 bits per heavy atom. The van der Waals surface area contributed by atoms with Crippen LogP contribution in [0.3, 0.4) is 0 Å². The third kappa shape index (κ3) is 4.90. The fourth-order valence-corrected chi connectivity index (χ4v) is 4.24. The second-order valence-corrected chi connectivity index (χ2v) is 9.03. The van der Waals surface area contributed by atoms with E-state index in [2.05, 4.69) is 48.4 Å². The molecular formula is C26H23N5O3S. The minimum absolute atomic E-state index is 0.0950. The van der Waals surface area contributed by atoms with Crippen LogP contribution in [-0.4, -0.2) is 31.6 Å². The topological polar surface area (TPSA) is 99.0 Å². The summed E-state index contributed by atoms with van der Waals surface area (Å²) in [4.78, 5) is 12.8. The van der Waals surface area contributed by atoms with Gasteiger partial charge in [0.1, 0.15) is 5.82 Å². The maximum absolute atomic E-state index is 12.8. The largest absolute Gasteiger partial charge is 0.459 e. The predicted octanol–water partition coefficient (Wildman–Crippen LogP) is 5.84. The Bertz CT molecular complexity index is 1470. The Morgan fingerprint density at radius 3 is 2.54 bits per heavy atom. The Morgan fingerprint density at radius 2 is 1.77 bits per heavy atom. The summed E-state index contributed by atoms with van der Waals surface area (Å²) in [6, 6.07) is 19.4. The highest BCUT2D eigenvalue weighted by molar-refractivity contribution is 7.99. The van der Waals surface area contributed by atoms with Gasteiger partial charge in [-0.05, 0) is 67.8 Å². The molecule has 3 heterocycles. The third-order valence-corrected chi connectivity index (χ3v) is 6.38. The maximum atomic E-state index is 12.8. The van der Waals surface area contributed by atoms with Crippen LogP contribution in [0.15, 0.2) is 81.0 Å². The van der Waals surface area contributed by atoms with Gasteiger partial charge in [0.15, 0.2) is 5.76 Å². The molecule has 0 radical (unpaired) electrons. The summed E-state index contributed by atoms with van der Waals surface area (Å²) < 4.78 is 12.6. The molecule has 9 heteroatoms. The number of thioether (sulfide) groups is 1. The molecule has 0 atom stereocenters. The Kier molecular flexibility index (Phi) is 6.24. The highest BCUT2D eigenvalue weighted by Crippen LogP contribution is 2.30. The van der Waals surface area contributed by atoms with Crippen molar-refractivity contribution in [1.29, 1.82) is 0 Å². The SMILES string of the molecule is Cc1cc(C)c(-c2cc(NC(=O)CSc3nnc(-c4ccco4)o3)n(-c3ccccc3)n2)cc1C. The zero-order valence-corrected chi connectivity index (χ0v) is 20.3. The van der Waals surface area contributed by atoms with Gasteiger partial charge in [-0.15, -0.1) is 10.2 Å². The van der Waals surface area contributed by atoms with Crippen molar-refractivity contribution in [3.8, 4) is 28.6 Å². The minimum Gasteiger partial charge on any atom is -0.459 e. The van der Waals surface area contributed by atoms with Gasteiger partial charge in [0.25, 0.3) is 11.1 Å². The number of carbonyl (C=O) groups excluding carboxylic acids is 1. The Hall–Kier alpha value is -4.11. The fraction of sp³-hybridized carbons (Fsp3) is 0.154. The summed E-state index contributed by atoms with van der Waals surface area (Å²) in [5.74, 6) is 1.21. The number of aromatic nitrogens is 4. The van der Waals surface area contributed by atoms with Gasteiger partial charge < -0.3 is 14.2 Å². The molecule has 0 fully saturated rings. The number of nitrogens with zero attached hydrogens (tertiary/aromatic N) is 4. The number of nitrogens with one attached hydrogen (secondary N) is 1. The van der Waals surface area contributed by atoms with E-state index in [1.165, 1.54) is 17.4 Å². The molecule has 3 aromatic heterocycles. The second-order valence-electron chi connectivity index (χ2n) is 8.10. The van der Waals surface area contributed by atoms with Gasteiger partial charge in [-0.25, -0.2) is 4.68 Å². The van der Waals surface area contributed by atoms with Crippen LogP contribution in [0, 0.1) is 20.8 Å². The number of hydrogen-bond donors (Lipinski definition) is 1. The molecule has 5 rings (SSSR count). The highest BCUT2D eigenvalue weighted by Gasteiger charge is 2.17. The average Bonchev–Trinajstić information content (AvgIpc) is 3.62. The molecule has 0 saturated heterocycles. The van der Waals surface area contributed by atoms with Crippen LogP contribution < -0.4 is 5.32 Å². The molecule has 0 unspecified atom stereocenters. The number of para-hydroxylation sites is 1. The number of carbonyl (C=O) groups is 1. The smallest absolute Gasteiger partial charge is 0.284 e. The van der Waals surface area contributed by atoms with Crippen molar-refractivity contribution in [2.45, 2.75) is 26.0 Å². The summed E-state index contributed by atoms with van der Waals surface area (Å²) in [5, 5.41) is 16.0. The molecule has 0 aliphatic heterocycles. The quantitative estimate of drug-likeness (QED) is 0.289. The number of anilines is 1. The van der Waals surface area contributed by atoms with Crippen molar-refractivity contribution < 1.29 is 13.6 Å². The highest BCUT2D eigenvalue weighted by atomic mass is 32.2. The number of aryl methyl sites for hydroxylation is 3. The van der Waals surface area contributed by atoms with Crippen LogP contribution in [-0.2, 0) is 4.79 Å². The van der Waals surface area contributed by atoms with E-state index < -0.39 is 0 Å². The Labute approximate surface area is 206 Å². The number of benzene rings is 2. The van der Waals surface area contributed by atoms with Crippen LogP contribution >= 0.6 is 11.8 Å². The van der Waals surface area contributed by atoms with Gasteiger partial charge in [0, 0.05) is 11.6 Å². The van der Waals surface area contributed by atoms with Crippen molar-refractivity contribution in [2.75, 3.05) is 11.1 Å². The summed E-state index contributed by atoms with van der Waals surface area (Å²) in [7, 11) is 0.